The molecule has 1 heterocycles. The Morgan fingerprint density at radius 3 is 2.33 bits per heavy atom. The third-order valence-corrected chi connectivity index (χ3v) is 3.67. The average molecular weight is 261 g/mol. The highest BCUT2D eigenvalue weighted by Gasteiger charge is 2.41. The highest BCUT2D eigenvalue weighted by Crippen LogP contribution is 2.47. The van der Waals surface area contributed by atoms with Crippen molar-refractivity contribution in [1.82, 2.24) is 0 Å². The van der Waals surface area contributed by atoms with Crippen molar-refractivity contribution < 1.29 is 8.78 Å². The first-order chi connectivity index (χ1) is 8.67. The van der Waals surface area contributed by atoms with Crippen molar-refractivity contribution in [2.75, 3.05) is 0 Å². The van der Waals surface area contributed by atoms with E-state index in [0.717, 1.165) is 0 Å². The van der Waals surface area contributed by atoms with Crippen LogP contribution in [0.2, 0.25) is 0 Å². The fraction of sp³-hybridized carbons (Fsp3) is 0.0714. The van der Waals surface area contributed by atoms with E-state index in [0.29, 0.717) is 27.9 Å². The lowest BCUT2D eigenvalue weighted by atomic mass is 10.1. The van der Waals surface area contributed by atoms with Crippen molar-refractivity contribution in [2.24, 2.45) is 4.99 Å². The predicted octanol–water partition coefficient (Wildman–Crippen LogP) is 4.51. The van der Waals surface area contributed by atoms with Crippen molar-refractivity contribution in [3.8, 4) is 0 Å². The molecule has 0 atom stereocenters. The lowest BCUT2D eigenvalue weighted by Crippen LogP contribution is -2.27. The van der Waals surface area contributed by atoms with E-state index in [2.05, 4.69) is 4.99 Å². The molecule has 3 rings (SSSR count). The summed E-state index contributed by atoms with van der Waals surface area (Å²) >= 11 is 0.553. The van der Waals surface area contributed by atoms with Gasteiger partial charge in [0, 0.05) is 10.5 Å². The Morgan fingerprint density at radius 1 is 0.889 bits per heavy atom. The van der Waals surface area contributed by atoms with Gasteiger partial charge in [-0.3, -0.25) is 0 Å². The summed E-state index contributed by atoms with van der Waals surface area (Å²) in [5.74, 6) is 0. The molecular formula is C14H9F2NS. The number of thioether (sulfide) groups is 1. The second-order valence-electron chi connectivity index (χ2n) is 3.91. The Morgan fingerprint density at radius 2 is 1.56 bits per heavy atom. The molecule has 0 amide bonds. The molecule has 0 fully saturated rings. The van der Waals surface area contributed by atoms with Gasteiger partial charge in [0.2, 0.25) is 0 Å². The maximum Gasteiger partial charge on any atom is 0.340 e. The number of halogens is 2. The van der Waals surface area contributed by atoms with Gasteiger partial charge in [-0.1, -0.05) is 42.5 Å². The Labute approximate surface area is 108 Å². The van der Waals surface area contributed by atoms with Gasteiger partial charge in [-0.2, -0.15) is 8.78 Å². The van der Waals surface area contributed by atoms with Crippen LogP contribution >= 0.6 is 11.8 Å². The summed E-state index contributed by atoms with van der Waals surface area (Å²) in [6.07, 6.45) is 0. The minimum absolute atomic E-state index is 0.174. The smallest absolute Gasteiger partial charge is 0.244 e. The number of aliphatic imine (C=N–C) groups is 1. The fourth-order valence-corrected chi connectivity index (χ4v) is 2.74. The van der Waals surface area contributed by atoms with Crippen LogP contribution in [0.1, 0.15) is 5.56 Å². The van der Waals surface area contributed by atoms with E-state index in [9.17, 15) is 8.78 Å². The Kier molecular flexibility index (Phi) is 2.67. The van der Waals surface area contributed by atoms with Crippen molar-refractivity contribution in [2.45, 2.75) is 10.2 Å². The molecule has 1 aliphatic heterocycles. The van der Waals surface area contributed by atoms with Crippen molar-refractivity contribution in [1.29, 1.82) is 0 Å². The van der Waals surface area contributed by atoms with E-state index in [1.807, 2.05) is 0 Å². The first kappa shape index (κ1) is 11.4. The van der Waals surface area contributed by atoms with Gasteiger partial charge < -0.3 is 0 Å². The highest BCUT2D eigenvalue weighted by atomic mass is 32.2. The number of hydrogen-bond acceptors (Lipinski definition) is 2. The van der Waals surface area contributed by atoms with Gasteiger partial charge in [-0.05, 0) is 23.9 Å². The van der Waals surface area contributed by atoms with E-state index in [-0.39, 0.29) is 5.71 Å². The van der Waals surface area contributed by atoms with Crippen LogP contribution in [0, 0.1) is 0 Å². The first-order valence-electron chi connectivity index (χ1n) is 5.47. The average Bonchev–Trinajstić information content (AvgIpc) is 2.38. The molecule has 2 aromatic rings. The number of rotatable bonds is 1. The summed E-state index contributed by atoms with van der Waals surface area (Å²) < 4.78 is 28.1. The molecule has 4 heteroatoms. The number of nitrogens with zero attached hydrogens (tertiary/aromatic N) is 1. The summed E-state index contributed by atoms with van der Waals surface area (Å²) in [5, 5.41) is -2.99. The molecule has 0 unspecified atom stereocenters. The molecule has 1 nitrogen and oxygen atoms in total. The number of alkyl halides is 2. The predicted molar refractivity (Wildman–Crippen MR) is 69.9 cm³/mol. The molecule has 0 saturated carbocycles. The SMILES string of the molecule is FC1(F)Sc2ccccc2N=C1c1ccccc1. The van der Waals surface area contributed by atoms with Gasteiger partial charge in [0.25, 0.3) is 0 Å². The molecule has 90 valence electrons. The molecule has 18 heavy (non-hydrogen) atoms. The molecule has 1 aliphatic rings. The Balaban J connectivity index is 2.16. The van der Waals surface area contributed by atoms with Crippen LogP contribution in [0.4, 0.5) is 14.5 Å². The van der Waals surface area contributed by atoms with E-state index >= 15 is 0 Å². The van der Waals surface area contributed by atoms with Gasteiger partial charge >= 0.3 is 5.25 Å². The maximum absolute atomic E-state index is 14.1. The number of benzene rings is 2. The quantitative estimate of drug-likeness (QED) is 0.736. The second-order valence-corrected chi connectivity index (χ2v) is 5.07. The van der Waals surface area contributed by atoms with Crippen LogP contribution in [0.3, 0.4) is 0 Å². The van der Waals surface area contributed by atoms with Crippen LogP contribution < -0.4 is 0 Å². The molecule has 0 spiro atoms. The van der Waals surface area contributed by atoms with Gasteiger partial charge in [0.1, 0.15) is 5.71 Å². The normalized spacial score (nSPS) is 16.9. The van der Waals surface area contributed by atoms with Crippen LogP contribution in [0.25, 0.3) is 0 Å². The van der Waals surface area contributed by atoms with Crippen molar-refractivity contribution in [3.05, 3.63) is 60.2 Å². The summed E-state index contributed by atoms with van der Waals surface area (Å²) in [6, 6.07) is 15.5. The third kappa shape index (κ3) is 1.93. The first-order valence-corrected chi connectivity index (χ1v) is 6.29. The van der Waals surface area contributed by atoms with Crippen LogP contribution in [-0.4, -0.2) is 11.0 Å². The Hall–Kier alpha value is -1.68. The summed E-state index contributed by atoms with van der Waals surface area (Å²) in [4.78, 5) is 4.63. The molecule has 0 aliphatic carbocycles. The standard InChI is InChI=1S/C14H9F2NS/c15-14(16)13(10-6-2-1-3-7-10)17-11-8-4-5-9-12(11)18-14/h1-9H. The van der Waals surface area contributed by atoms with Gasteiger partial charge in [0.05, 0.1) is 5.69 Å². The molecule has 0 radical (unpaired) electrons. The molecule has 0 aromatic heterocycles. The van der Waals surface area contributed by atoms with Crippen LogP contribution in [0.15, 0.2) is 64.5 Å². The lowest BCUT2D eigenvalue weighted by Gasteiger charge is -2.23. The third-order valence-electron chi connectivity index (χ3n) is 2.66. The zero-order chi connectivity index (χ0) is 12.6. The van der Waals surface area contributed by atoms with E-state index in [4.69, 9.17) is 0 Å². The molecule has 0 bridgehead atoms. The summed E-state index contributed by atoms with van der Waals surface area (Å²) in [5.41, 5.74) is 0.892. The van der Waals surface area contributed by atoms with E-state index < -0.39 is 5.25 Å². The molecule has 2 aromatic carbocycles. The minimum atomic E-state index is -2.99. The zero-order valence-electron chi connectivity index (χ0n) is 9.31. The number of hydrogen-bond donors (Lipinski definition) is 0. The molecule has 0 N–H and O–H groups in total. The van der Waals surface area contributed by atoms with Crippen LogP contribution in [-0.2, 0) is 0 Å². The largest absolute Gasteiger partial charge is 0.340 e. The van der Waals surface area contributed by atoms with Gasteiger partial charge in [-0.25, -0.2) is 4.99 Å². The zero-order valence-corrected chi connectivity index (χ0v) is 10.1. The number of para-hydroxylation sites is 1. The van der Waals surface area contributed by atoms with Gasteiger partial charge in [0.15, 0.2) is 0 Å². The van der Waals surface area contributed by atoms with Crippen LogP contribution in [0.5, 0.6) is 0 Å². The van der Waals surface area contributed by atoms with E-state index in [1.54, 1.807) is 54.6 Å². The Bertz CT molecular complexity index is 608. The summed E-state index contributed by atoms with van der Waals surface area (Å²) in [6.45, 7) is 0. The van der Waals surface area contributed by atoms with Gasteiger partial charge in [-0.15, -0.1) is 0 Å². The maximum atomic E-state index is 14.1. The topological polar surface area (TPSA) is 12.4 Å². The van der Waals surface area contributed by atoms with E-state index in [1.165, 1.54) is 0 Å². The highest BCUT2D eigenvalue weighted by molar-refractivity contribution is 8.01. The van der Waals surface area contributed by atoms with Crippen molar-refractivity contribution in [3.63, 3.8) is 0 Å². The van der Waals surface area contributed by atoms with Crippen molar-refractivity contribution >= 4 is 23.2 Å². The monoisotopic (exact) mass is 261 g/mol. The molecule has 0 saturated heterocycles. The fourth-order valence-electron chi connectivity index (χ4n) is 1.84. The molecular weight excluding hydrogens is 252 g/mol. The lowest BCUT2D eigenvalue weighted by molar-refractivity contribution is 0.185. The summed E-state index contributed by atoms with van der Waals surface area (Å²) in [7, 11) is 0. The second kappa shape index (κ2) is 4.21. The number of fused-ring (bicyclic) bond motifs is 1. The minimum Gasteiger partial charge on any atom is -0.244 e.